The van der Waals surface area contributed by atoms with Gasteiger partial charge in [-0.15, -0.1) is 0 Å². The minimum atomic E-state index is -0.308. The molecule has 7 nitrogen and oxygen atoms in total. The van der Waals surface area contributed by atoms with Crippen molar-refractivity contribution >= 4 is 28.7 Å². The van der Waals surface area contributed by atoms with E-state index >= 15 is 0 Å². The Bertz CT molecular complexity index is 1580. The lowest BCUT2D eigenvalue weighted by atomic mass is 9.81. The van der Waals surface area contributed by atoms with Crippen LogP contribution in [0, 0.1) is 0 Å². The van der Waals surface area contributed by atoms with Crippen LogP contribution in [0.15, 0.2) is 90.0 Å². The molecular weight excluding hydrogens is 500 g/mol. The highest BCUT2D eigenvalue weighted by Gasteiger charge is 2.37. The SMILES string of the molecule is O=C1c2ccccc2C(=O)c2c3c(cc(NCCN4CCN(Cc5ccccc5)CC4)c21)OC1C=CC=CC1=N3. The molecule has 3 aromatic rings. The van der Waals surface area contributed by atoms with Crippen molar-refractivity contribution in [2.24, 2.45) is 4.99 Å². The van der Waals surface area contributed by atoms with Gasteiger partial charge in [0.2, 0.25) is 0 Å². The van der Waals surface area contributed by atoms with Crippen LogP contribution in [-0.4, -0.2) is 72.5 Å². The second-order valence-corrected chi connectivity index (χ2v) is 10.6. The Balaban J connectivity index is 1.12. The maximum atomic E-state index is 13.8. The summed E-state index contributed by atoms with van der Waals surface area (Å²) in [7, 11) is 0. The van der Waals surface area contributed by atoms with Crippen LogP contribution in [0.3, 0.4) is 0 Å². The fraction of sp³-hybridized carbons (Fsp3) is 0.242. The molecule has 1 saturated heterocycles. The quantitative estimate of drug-likeness (QED) is 0.391. The van der Waals surface area contributed by atoms with E-state index in [1.807, 2.05) is 30.4 Å². The van der Waals surface area contributed by atoms with Gasteiger partial charge in [0.1, 0.15) is 11.4 Å². The molecule has 7 heteroatoms. The van der Waals surface area contributed by atoms with Crippen molar-refractivity contribution in [1.29, 1.82) is 0 Å². The summed E-state index contributed by atoms with van der Waals surface area (Å²) in [5, 5.41) is 3.49. The van der Waals surface area contributed by atoms with Crippen LogP contribution in [0.1, 0.15) is 37.4 Å². The lowest BCUT2D eigenvalue weighted by molar-refractivity contribution is 0.0979. The van der Waals surface area contributed by atoms with E-state index in [1.165, 1.54) is 5.56 Å². The van der Waals surface area contributed by atoms with E-state index in [1.54, 1.807) is 24.3 Å². The second-order valence-electron chi connectivity index (χ2n) is 10.6. The smallest absolute Gasteiger partial charge is 0.196 e. The van der Waals surface area contributed by atoms with Gasteiger partial charge in [0, 0.05) is 68.7 Å². The minimum absolute atomic E-state index is 0.161. The van der Waals surface area contributed by atoms with Crippen molar-refractivity contribution in [3.05, 3.63) is 113 Å². The van der Waals surface area contributed by atoms with Gasteiger partial charge >= 0.3 is 0 Å². The van der Waals surface area contributed by atoms with Crippen molar-refractivity contribution in [2.75, 3.05) is 44.6 Å². The van der Waals surface area contributed by atoms with E-state index in [0.29, 0.717) is 45.9 Å². The molecule has 3 aromatic carbocycles. The number of carbonyl (C=O) groups is 2. The monoisotopic (exact) mass is 530 g/mol. The zero-order chi connectivity index (χ0) is 27.1. The van der Waals surface area contributed by atoms with Crippen molar-refractivity contribution in [3.8, 4) is 5.75 Å². The van der Waals surface area contributed by atoms with Crippen molar-refractivity contribution in [1.82, 2.24) is 9.80 Å². The van der Waals surface area contributed by atoms with Gasteiger partial charge in [0.15, 0.2) is 17.7 Å². The summed E-state index contributed by atoms with van der Waals surface area (Å²) in [6.07, 6.45) is 7.34. The fourth-order valence-electron chi connectivity index (χ4n) is 5.93. The maximum absolute atomic E-state index is 13.8. The largest absolute Gasteiger partial charge is 0.478 e. The Morgan fingerprint density at radius 1 is 0.850 bits per heavy atom. The van der Waals surface area contributed by atoms with Gasteiger partial charge in [0.05, 0.1) is 16.8 Å². The summed E-state index contributed by atoms with van der Waals surface area (Å²) >= 11 is 0. The molecule has 7 rings (SSSR count). The van der Waals surface area contributed by atoms with Crippen LogP contribution < -0.4 is 10.1 Å². The van der Waals surface area contributed by atoms with Crippen molar-refractivity contribution in [2.45, 2.75) is 12.6 Å². The predicted molar refractivity (Wildman–Crippen MR) is 156 cm³/mol. The third kappa shape index (κ3) is 4.47. The summed E-state index contributed by atoms with van der Waals surface area (Å²) in [6, 6.07) is 19.5. The van der Waals surface area contributed by atoms with Gasteiger partial charge in [-0.1, -0.05) is 66.7 Å². The topological polar surface area (TPSA) is 74.2 Å². The number of anilines is 1. The molecule has 200 valence electrons. The number of carbonyl (C=O) groups excluding carboxylic acids is 2. The average Bonchev–Trinajstić information content (AvgIpc) is 3.00. The normalized spacial score (nSPS) is 19.7. The molecule has 0 radical (unpaired) electrons. The molecule has 0 amide bonds. The lowest BCUT2D eigenvalue weighted by Gasteiger charge is -2.35. The number of ketones is 2. The highest BCUT2D eigenvalue weighted by Crippen LogP contribution is 2.46. The second kappa shape index (κ2) is 10.3. The van der Waals surface area contributed by atoms with Crippen LogP contribution >= 0.6 is 0 Å². The molecular formula is C33H30N4O3. The first kappa shape index (κ1) is 24.7. The first-order valence-corrected chi connectivity index (χ1v) is 13.9. The van der Waals surface area contributed by atoms with Gasteiger partial charge in [-0.05, 0) is 17.7 Å². The summed E-state index contributed by atoms with van der Waals surface area (Å²) in [5.41, 5.74) is 4.68. The Morgan fingerprint density at radius 3 is 2.33 bits per heavy atom. The van der Waals surface area contributed by atoms with E-state index in [4.69, 9.17) is 9.73 Å². The number of allylic oxidation sites excluding steroid dienone is 2. The molecule has 2 heterocycles. The molecule has 0 bridgehead atoms. The number of ether oxygens (including phenoxy) is 1. The molecule has 2 aliphatic carbocycles. The first-order valence-electron chi connectivity index (χ1n) is 13.9. The van der Waals surface area contributed by atoms with Crippen LogP contribution in [0.2, 0.25) is 0 Å². The van der Waals surface area contributed by atoms with Gasteiger partial charge in [-0.25, -0.2) is 4.99 Å². The number of hydrogen-bond acceptors (Lipinski definition) is 7. The molecule has 0 saturated carbocycles. The number of rotatable bonds is 6. The van der Waals surface area contributed by atoms with E-state index in [9.17, 15) is 9.59 Å². The Morgan fingerprint density at radius 2 is 1.55 bits per heavy atom. The van der Waals surface area contributed by atoms with Gasteiger partial charge in [-0.2, -0.15) is 0 Å². The third-order valence-corrected chi connectivity index (χ3v) is 8.04. The zero-order valence-corrected chi connectivity index (χ0v) is 22.2. The Labute approximate surface area is 233 Å². The Kier molecular flexibility index (Phi) is 6.38. The number of fused-ring (bicyclic) bond motifs is 5. The highest BCUT2D eigenvalue weighted by atomic mass is 16.5. The van der Waals surface area contributed by atoms with E-state index in [-0.39, 0.29) is 17.7 Å². The van der Waals surface area contributed by atoms with Gasteiger partial charge in [0.25, 0.3) is 0 Å². The molecule has 0 spiro atoms. The van der Waals surface area contributed by atoms with Gasteiger partial charge in [-0.3, -0.25) is 19.4 Å². The lowest BCUT2D eigenvalue weighted by Crippen LogP contribution is -2.47. The minimum Gasteiger partial charge on any atom is -0.478 e. The molecule has 2 aliphatic heterocycles. The molecule has 4 aliphatic rings. The summed E-state index contributed by atoms with van der Waals surface area (Å²) in [6.45, 7) is 6.47. The van der Waals surface area contributed by atoms with Crippen LogP contribution in [0.5, 0.6) is 5.75 Å². The molecule has 1 N–H and O–H groups in total. The summed E-state index contributed by atoms with van der Waals surface area (Å²) in [4.78, 5) is 37.3. The van der Waals surface area contributed by atoms with Crippen LogP contribution in [0.4, 0.5) is 11.4 Å². The maximum Gasteiger partial charge on any atom is 0.196 e. The molecule has 40 heavy (non-hydrogen) atoms. The average molecular weight is 531 g/mol. The summed E-state index contributed by atoms with van der Waals surface area (Å²) in [5.74, 6) is 0.165. The van der Waals surface area contributed by atoms with E-state index < -0.39 is 0 Å². The summed E-state index contributed by atoms with van der Waals surface area (Å²) < 4.78 is 6.28. The van der Waals surface area contributed by atoms with Crippen LogP contribution in [-0.2, 0) is 6.54 Å². The number of piperazine rings is 1. The fourth-order valence-corrected chi connectivity index (χ4v) is 5.93. The third-order valence-electron chi connectivity index (χ3n) is 8.04. The molecule has 0 aromatic heterocycles. The number of hydrogen-bond donors (Lipinski definition) is 1. The molecule has 1 fully saturated rings. The molecule has 1 unspecified atom stereocenters. The van der Waals surface area contributed by atoms with Crippen LogP contribution in [0.25, 0.3) is 0 Å². The first-order chi connectivity index (χ1) is 19.7. The van der Waals surface area contributed by atoms with Gasteiger partial charge < -0.3 is 10.1 Å². The molecule has 1 atom stereocenters. The van der Waals surface area contributed by atoms with Crippen molar-refractivity contribution in [3.63, 3.8) is 0 Å². The van der Waals surface area contributed by atoms with E-state index in [0.717, 1.165) is 45.0 Å². The van der Waals surface area contributed by atoms with E-state index in [2.05, 4.69) is 45.4 Å². The van der Waals surface area contributed by atoms with Crippen molar-refractivity contribution < 1.29 is 14.3 Å². The standard InChI is InChI=1S/C33H30N4O3/c38-32-23-10-4-5-11-24(23)33(39)30-29(32)26(20-28-31(30)35-25-12-6-7-13-27(25)40-28)34-14-15-36-16-18-37(19-17-36)21-22-8-2-1-3-9-22/h1-13,20,27,34H,14-19,21H2. The number of nitrogens with one attached hydrogen (secondary N) is 1. The number of aliphatic imine (C=N–C) groups is 1. The number of benzene rings is 3. The zero-order valence-electron chi connectivity index (χ0n) is 22.2. The highest BCUT2D eigenvalue weighted by molar-refractivity contribution is 6.32. The Hall–Kier alpha value is -4.33. The predicted octanol–water partition coefficient (Wildman–Crippen LogP) is 4.65. The number of nitrogens with zero attached hydrogens (tertiary/aromatic N) is 3.